The second-order valence-electron chi connectivity index (χ2n) is 4.73. The van der Waals surface area contributed by atoms with Crippen molar-refractivity contribution < 1.29 is 4.79 Å². The maximum absolute atomic E-state index is 11.8. The topological polar surface area (TPSA) is 41.1 Å². The van der Waals surface area contributed by atoms with E-state index in [1.807, 2.05) is 6.92 Å². The number of para-hydroxylation sites is 1. The first-order valence-electron chi connectivity index (χ1n) is 5.91. The molecule has 0 heterocycles. The largest absolute Gasteiger partial charge is 0.335 e. The van der Waals surface area contributed by atoms with E-state index in [2.05, 4.69) is 24.5 Å². The summed E-state index contributed by atoms with van der Waals surface area (Å²) in [7, 11) is 0. The number of anilines is 1. The van der Waals surface area contributed by atoms with E-state index in [1.165, 1.54) is 0 Å². The Morgan fingerprint density at radius 3 is 2.28 bits per heavy atom. The Balaban J connectivity index is 2.60. The lowest BCUT2D eigenvalue weighted by molar-refractivity contribution is 0.247. The quantitative estimate of drug-likeness (QED) is 0.838. The van der Waals surface area contributed by atoms with Gasteiger partial charge in [0.25, 0.3) is 0 Å². The Morgan fingerprint density at radius 2 is 1.78 bits per heavy atom. The van der Waals surface area contributed by atoms with Crippen LogP contribution in [0.3, 0.4) is 0 Å². The van der Waals surface area contributed by atoms with E-state index in [1.54, 1.807) is 18.2 Å². The lowest BCUT2D eigenvalue weighted by Gasteiger charge is -2.17. The van der Waals surface area contributed by atoms with Gasteiger partial charge in [0, 0.05) is 6.04 Å². The number of carbonyl (C=O) groups excluding carboxylic acids is 1. The smallest absolute Gasteiger partial charge is 0.319 e. The average Bonchev–Trinajstić information content (AvgIpc) is 2.22. The summed E-state index contributed by atoms with van der Waals surface area (Å²) in [5.74, 6) is 0.532. The summed E-state index contributed by atoms with van der Waals surface area (Å²) < 4.78 is 0. The SMILES string of the molecule is CC(C)CC(C)NC(=O)Nc1c(Cl)cccc1Cl. The van der Waals surface area contributed by atoms with Crippen LogP contribution in [-0.2, 0) is 0 Å². The van der Waals surface area contributed by atoms with Crippen LogP contribution in [0.1, 0.15) is 27.2 Å². The van der Waals surface area contributed by atoms with Gasteiger partial charge in [-0.15, -0.1) is 0 Å². The van der Waals surface area contributed by atoms with Crippen LogP contribution >= 0.6 is 23.2 Å². The van der Waals surface area contributed by atoms with Crippen molar-refractivity contribution >= 4 is 34.9 Å². The number of amides is 2. The fourth-order valence-corrected chi connectivity index (χ4v) is 2.25. The van der Waals surface area contributed by atoms with Gasteiger partial charge in [0.05, 0.1) is 15.7 Å². The lowest BCUT2D eigenvalue weighted by atomic mass is 10.1. The molecule has 18 heavy (non-hydrogen) atoms. The molecular formula is C13H18Cl2N2O. The van der Waals surface area contributed by atoms with Gasteiger partial charge < -0.3 is 10.6 Å². The minimum absolute atomic E-state index is 0.103. The van der Waals surface area contributed by atoms with Crippen LogP contribution in [0.25, 0.3) is 0 Å². The van der Waals surface area contributed by atoms with Gasteiger partial charge in [-0.3, -0.25) is 0 Å². The van der Waals surface area contributed by atoms with Gasteiger partial charge in [0.1, 0.15) is 0 Å². The van der Waals surface area contributed by atoms with Crippen LogP contribution in [0.5, 0.6) is 0 Å². The molecule has 0 aliphatic heterocycles. The molecule has 1 aromatic rings. The molecule has 1 rings (SSSR count). The number of rotatable bonds is 4. The molecule has 0 radical (unpaired) electrons. The molecule has 3 nitrogen and oxygen atoms in total. The highest BCUT2D eigenvalue weighted by molar-refractivity contribution is 6.39. The molecule has 0 spiro atoms. The molecule has 2 N–H and O–H groups in total. The molecule has 1 aromatic carbocycles. The number of carbonyl (C=O) groups is 1. The molecule has 100 valence electrons. The molecule has 1 atom stereocenters. The Bertz CT molecular complexity index is 401. The van der Waals surface area contributed by atoms with Crippen molar-refractivity contribution in [3.05, 3.63) is 28.2 Å². The lowest BCUT2D eigenvalue weighted by Crippen LogP contribution is -2.36. The van der Waals surface area contributed by atoms with E-state index < -0.39 is 0 Å². The molecule has 5 heteroatoms. The molecular weight excluding hydrogens is 271 g/mol. The average molecular weight is 289 g/mol. The summed E-state index contributed by atoms with van der Waals surface area (Å²) >= 11 is 11.9. The van der Waals surface area contributed by atoms with Crippen LogP contribution < -0.4 is 10.6 Å². The minimum atomic E-state index is -0.293. The molecule has 1 unspecified atom stereocenters. The summed E-state index contributed by atoms with van der Waals surface area (Å²) in [6, 6.07) is 4.90. The third-order valence-electron chi connectivity index (χ3n) is 2.40. The monoisotopic (exact) mass is 288 g/mol. The summed E-state index contributed by atoms with van der Waals surface area (Å²) in [5, 5.41) is 6.37. The van der Waals surface area contributed by atoms with E-state index in [0.717, 1.165) is 6.42 Å². The first kappa shape index (κ1) is 15.1. The second kappa shape index (κ2) is 6.86. The Labute approximate surface area is 118 Å². The van der Waals surface area contributed by atoms with Gasteiger partial charge in [-0.05, 0) is 31.4 Å². The number of halogens is 2. The second-order valence-corrected chi connectivity index (χ2v) is 5.54. The van der Waals surface area contributed by atoms with Gasteiger partial charge in [-0.1, -0.05) is 43.1 Å². The van der Waals surface area contributed by atoms with Crippen molar-refractivity contribution in [1.82, 2.24) is 5.32 Å². The number of nitrogens with one attached hydrogen (secondary N) is 2. The maximum Gasteiger partial charge on any atom is 0.319 e. The molecule has 0 bridgehead atoms. The summed E-state index contributed by atoms with van der Waals surface area (Å²) in [6.45, 7) is 6.19. The highest BCUT2D eigenvalue weighted by atomic mass is 35.5. The third kappa shape index (κ3) is 4.75. The molecule has 0 aliphatic carbocycles. The molecule has 0 fully saturated rings. The highest BCUT2D eigenvalue weighted by Crippen LogP contribution is 2.29. The molecule has 2 amide bonds. The van der Waals surface area contributed by atoms with Gasteiger partial charge in [0.15, 0.2) is 0 Å². The van der Waals surface area contributed by atoms with Crippen molar-refractivity contribution in [2.75, 3.05) is 5.32 Å². The van der Waals surface area contributed by atoms with E-state index in [-0.39, 0.29) is 12.1 Å². The highest BCUT2D eigenvalue weighted by Gasteiger charge is 2.12. The van der Waals surface area contributed by atoms with Crippen molar-refractivity contribution in [3.63, 3.8) is 0 Å². The van der Waals surface area contributed by atoms with Crippen LogP contribution in [0.15, 0.2) is 18.2 Å². The van der Waals surface area contributed by atoms with E-state index in [4.69, 9.17) is 23.2 Å². The fraction of sp³-hybridized carbons (Fsp3) is 0.462. The van der Waals surface area contributed by atoms with Crippen molar-refractivity contribution in [2.24, 2.45) is 5.92 Å². The normalized spacial score (nSPS) is 12.3. The summed E-state index contributed by atoms with van der Waals surface area (Å²) in [5.41, 5.74) is 0.440. The Morgan fingerprint density at radius 1 is 1.22 bits per heavy atom. The zero-order chi connectivity index (χ0) is 13.7. The van der Waals surface area contributed by atoms with Crippen LogP contribution in [0, 0.1) is 5.92 Å². The van der Waals surface area contributed by atoms with Crippen LogP contribution in [0.2, 0.25) is 10.0 Å². The number of urea groups is 1. The first-order valence-corrected chi connectivity index (χ1v) is 6.67. The zero-order valence-electron chi connectivity index (χ0n) is 10.8. The molecule has 0 aliphatic rings. The molecule has 0 aromatic heterocycles. The van der Waals surface area contributed by atoms with Gasteiger partial charge in [-0.25, -0.2) is 4.79 Å². The van der Waals surface area contributed by atoms with Crippen molar-refractivity contribution in [2.45, 2.75) is 33.2 Å². The number of hydrogen-bond acceptors (Lipinski definition) is 1. The minimum Gasteiger partial charge on any atom is -0.335 e. The molecule has 0 saturated carbocycles. The van der Waals surface area contributed by atoms with Gasteiger partial charge >= 0.3 is 6.03 Å². The first-order chi connectivity index (χ1) is 8.40. The van der Waals surface area contributed by atoms with E-state index in [0.29, 0.717) is 21.7 Å². The predicted octanol–water partition coefficient (Wildman–Crippen LogP) is 4.55. The van der Waals surface area contributed by atoms with Crippen molar-refractivity contribution in [3.8, 4) is 0 Å². The van der Waals surface area contributed by atoms with Crippen molar-refractivity contribution in [1.29, 1.82) is 0 Å². The van der Waals surface area contributed by atoms with Crippen LogP contribution in [-0.4, -0.2) is 12.1 Å². The van der Waals surface area contributed by atoms with E-state index >= 15 is 0 Å². The number of benzene rings is 1. The summed E-state index contributed by atoms with van der Waals surface area (Å²) in [6.07, 6.45) is 0.920. The predicted molar refractivity (Wildman–Crippen MR) is 77.5 cm³/mol. The Hall–Kier alpha value is -0.930. The Kier molecular flexibility index (Phi) is 5.76. The summed E-state index contributed by atoms with van der Waals surface area (Å²) in [4.78, 5) is 11.8. The standard InChI is InChI=1S/C13H18Cl2N2O/c1-8(2)7-9(3)16-13(18)17-12-10(14)5-4-6-11(12)15/h4-6,8-9H,7H2,1-3H3,(H2,16,17,18). The van der Waals surface area contributed by atoms with Crippen LogP contribution in [0.4, 0.5) is 10.5 Å². The zero-order valence-corrected chi connectivity index (χ0v) is 12.3. The van der Waals surface area contributed by atoms with E-state index in [9.17, 15) is 4.79 Å². The number of hydrogen-bond donors (Lipinski definition) is 2. The third-order valence-corrected chi connectivity index (χ3v) is 3.03. The fourth-order valence-electron chi connectivity index (χ4n) is 1.76. The van der Waals surface area contributed by atoms with Gasteiger partial charge in [-0.2, -0.15) is 0 Å². The van der Waals surface area contributed by atoms with Gasteiger partial charge in [0.2, 0.25) is 0 Å². The molecule has 0 saturated heterocycles. The maximum atomic E-state index is 11.8.